The average Bonchev–Trinajstić information content (AvgIpc) is 2.43. The summed E-state index contributed by atoms with van der Waals surface area (Å²) in [5.74, 6) is -0.853. The van der Waals surface area contributed by atoms with Crippen LogP contribution in [0.5, 0.6) is 0 Å². The third-order valence-electron chi connectivity index (χ3n) is 3.06. The van der Waals surface area contributed by atoms with Gasteiger partial charge in [0.1, 0.15) is 13.2 Å². The second kappa shape index (κ2) is 11.2. The minimum atomic E-state index is -0.338. The van der Waals surface area contributed by atoms with Crippen molar-refractivity contribution in [3.8, 4) is 0 Å². The first-order valence-corrected chi connectivity index (χ1v) is 7.54. The van der Waals surface area contributed by atoms with Crippen LogP contribution in [0.25, 0.3) is 0 Å². The Hall–Kier alpha value is -1.40. The molecule has 0 aromatic heterocycles. The molecule has 1 unspecified atom stereocenters. The number of ether oxygens (including phenoxy) is 2. The fourth-order valence-electron chi connectivity index (χ4n) is 1.44. The summed E-state index contributed by atoms with van der Waals surface area (Å²) in [6, 6.07) is 0. The molecular weight excluding hydrogens is 284 g/mol. The summed E-state index contributed by atoms with van der Waals surface area (Å²) in [4.78, 5) is 27.4. The highest BCUT2D eigenvalue weighted by molar-refractivity contribution is 5.87. The number of nitrogens with zero attached hydrogens (tertiary/aromatic N) is 2. The lowest BCUT2D eigenvalue weighted by Gasteiger charge is -2.13. The van der Waals surface area contributed by atoms with Gasteiger partial charge < -0.3 is 19.3 Å². The Bertz CT molecular complexity index is 378. The topological polar surface area (TPSA) is 59.1 Å². The van der Waals surface area contributed by atoms with E-state index in [0.717, 1.165) is 0 Å². The van der Waals surface area contributed by atoms with Gasteiger partial charge in [-0.3, -0.25) is 4.79 Å². The van der Waals surface area contributed by atoms with Crippen LogP contribution in [-0.2, 0) is 19.1 Å². The normalized spacial score (nSPS) is 13.4. The summed E-state index contributed by atoms with van der Waals surface area (Å²) in [7, 11) is 7.68. The highest BCUT2D eigenvalue weighted by Gasteiger charge is 2.14. The zero-order chi connectivity index (χ0) is 17.1. The van der Waals surface area contributed by atoms with E-state index >= 15 is 0 Å². The maximum atomic E-state index is 11.8. The molecule has 0 aliphatic rings. The summed E-state index contributed by atoms with van der Waals surface area (Å²) in [5, 5.41) is 0. The van der Waals surface area contributed by atoms with Crippen LogP contribution >= 0.6 is 0 Å². The van der Waals surface area contributed by atoms with E-state index in [2.05, 4.69) is 0 Å². The molecule has 0 fully saturated rings. The third kappa shape index (κ3) is 10.3. The number of rotatable bonds is 10. The molecule has 0 aliphatic carbocycles. The second-order valence-electron chi connectivity index (χ2n) is 5.93. The molecule has 0 aromatic carbocycles. The molecule has 0 heterocycles. The molecule has 0 aliphatic heterocycles. The van der Waals surface area contributed by atoms with Gasteiger partial charge in [0.05, 0.1) is 5.92 Å². The molecule has 0 radical (unpaired) electrons. The zero-order valence-electron chi connectivity index (χ0n) is 14.7. The number of carbonyl (C=O) groups excluding carboxylic acids is 2. The van der Waals surface area contributed by atoms with E-state index in [1.165, 1.54) is 0 Å². The quantitative estimate of drug-likeness (QED) is 0.446. The molecule has 0 bridgehead atoms. The van der Waals surface area contributed by atoms with Crippen molar-refractivity contribution in [1.29, 1.82) is 0 Å². The highest BCUT2D eigenvalue weighted by atomic mass is 16.5. The van der Waals surface area contributed by atoms with Gasteiger partial charge >= 0.3 is 11.9 Å². The van der Waals surface area contributed by atoms with Gasteiger partial charge in [-0.15, -0.1) is 0 Å². The summed E-state index contributed by atoms with van der Waals surface area (Å²) in [6.45, 7) is 5.62. The number of esters is 2. The van der Waals surface area contributed by atoms with Gasteiger partial charge in [0, 0.05) is 18.7 Å². The van der Waals surface area contributed by atoms with Gasteiger partial charge in [0.25, 0.3) is 0 Å². The number of hydrogen-bond acceptors (Lipinski definition) is 6. The first kappa shape index (κ1) is 20.6. The molecule has 6 nitrogen and oxygen atoms in total. The Kier molecular flexibility index (Phi) is 10.5. The molecule has 0 saturated heterocycles. The molecule has 1 atom stereocenters. The zero-order valence-corrected chi connectivity index (χ0v) is 14.7. The van der Waals surface area contributed by atoms with Crippen LogP contribution in [0.15, 0.2) is 11.6 Å². The van der Waals surface area contributed by atoms with E-state index in [1.807, 2.05) is 38.0 Å². The Morgan fingerprint density at radius 1 is 1.00 bits per heavy atom. The van der Waals surface area contributed by atoms with Crippen molar-refractivity contribution in [2.24, 2.45) is 5.92 Å². The lowest BCUT2D eigenvalue weighted by Crippen LogP contribution is -2.23. The van der Waals surface area contributed by atoms with Crippen LogP contribution in [0, 0.1) is 5.92 Å². The minimum Gasteiger partial charge on any atom is -0.464 e. The van der Waals surface area contributed by atoms with E-state index in [0.29, 0.717) is 38.3 Å². The predicted molar refractivity (Wildman–Crippen MR) is 86.6 cm³/mol. The molecular formula is C16H30N2O4. The first-order chi connectivity index (χ1) is 10.2. The van der Waals surface area contributed by atoms with Crippen LogP contribution in [0.4, 0.5) is 0 Å². The van der Waals surface area contributed by atoms with E-state index < -0.39 is 0 Å². The van der Waals surface area contributed by atoms with Gasteiger partial charge in [0.2, 0.25) is 0 Å². The highest BCUT2D eigenvalue weighted by Crippen LogP contribution is 2.09. The molecule has 0 spiro atoms. The molecule has 0 saturated carbocycles. The molecule has 22 heavy (non-hydrogen) atoms. The standard InChI is InChI=1S/C16H30N2O4/c1-13(15(19)21-11-9-17(3)4)7-8-14(2)16(20)22-12-10-18(5)6/h7,14H,8-12H2,1-6H3/b13-7+. The molecule has 0 N–H and O–H groups in total. The van der Waals surface area contributed by atoms with Crippen molar-refractivity contribution in [2.75, 3.05) is 54.5 Å². The number of allylic oxidation sites excluding steroid dienone is 1. The maximum Gasteiger partial charge on any atom is 0.333 e. The van der Waals surface area contributed by atoms with E-state index in [4.69, 9.17) is 9.47 Å². The van der Waals surface area contributed by atoms with Crippen molar-refractivity contribution < 1.29 is 19.1 Å². The lowest BCUT2D eigenvalue weighted by atomic mass is 10.1. The van der Waals surface area contributed by atoms with Crippen molar-refractivity contribution in [3.05, 3.63) is 11.6 Å². The SMILES string of the molecule is C/C(=C\CC(C)C(=O)OCCN(C)C)C(=O)OCCN(C)C. The van der Waals surface area contributed by atoms with E-state index in [9.17, 15) is 9.59 Å². The molecule has 128 valence electrons. The smallest absolute Gasteiger partial charge is 0.333 e. The van der Waals surface area contributed by atoms with Crippen molar-refractivity contribution >= 4 is 11.9 Å². The summed E-state index contributed by atoms with van der Waals surface area (Å²) < 4.78 is 10.3. The summed E-state index contributed by atoms with van der Waals surface area (Å²) in [5.41, 5.74) is 0.520. The molecule has 0 aromatic rings. The largest absolute Gasteiger partial charge is 0.464 e. The van der Waals surface area contributed by atoms with Gasteiger partial charge in [-0.2, -0.15) is 0 Å². The van der Waals surface area contributed by atoms with Gasteiger partial charge in [-0.25, -0.2) is 4.79 Å². The Morgan fingerprint density at radius 2 is 1.50 bits per heavy atom. The number of hydrogen-bond donors (Lipinski definition) is 0. The number of likely N-dealkylation sites (N-methyl/N-ethyl adjacent to an activating group) is 2. The summed E-state index contributed by atoms with van der Waals surface area (Å²) in [6.07, 6.45) is 2.20. The Balaban J connectivity index is 4.09. The Morgan fingerprint density at radius 3 is 2.00 bits per heavy atom. The van der Waals surface area contributed by atoms with Crippen LogP contribution in [-0.4, -0.2) is 76.2 Å². The average molecular weight is 314 g/mol. The van der Waals surface area contributed by atoms with Crippen LogP contribution in [0.3, 0.4) is 0 Å². The molecule has 6 heteroatoms. The van der Waals surface area contributed by atoms with E-state index in [1.54, 1.807) is 19.9 Å². The maximum absolute atomic E-state index is 11.8. The van der Waals surface area contributed by atoms with Crippen molar-refractivity contribution in [2.45, 2.75) is 20.3 Å². The van der Waals surface area contributed by atoms with Crippen LogP contribution in [0.1, 0.15) is 20.3 Å². The lowest BCUT2D eigenvalue weighted by molar-refractivity contribution is -0.148. The first-order valence-electron chi connectivity index (χ1n) is 7.54. The number of carbonyl (C=O) groups is 2. The van der Waals surface area contributed by atoms with Crippen molar-refractivity contribution in [3.63, 3.8) is 0 Å². The van der Waals surface area contributed by atoms with Crippen LogP contribution < -0.4 is 0 Å². The van der Waals surface area contributed by atoms with Gasteiger partial charge in [0.15, 0.2) is 0 Å². The second-order valence-corrected chi connectivity index (χ2v) is 5.93. The molecule has 0 amide bonds. The fraction of sp³-hybridized carbons (Fsp3) is 0.750. The fourth-order valence-corrected chi connectivity index (χ4v) is 1.44. The predicted octanol–water partition coefficient (Wildman–Crippen LogP) is 1.17. The van der Waals surface area contributed by atoms with Crippen molar-refractivity contribution in [1.82, 2.24) is 9.80 Å². The monoisotopic (exact) mass is 314 g/mol. The van der Waals surface area contributed by atoms with Gasteiger partial charge in [-0.05, 0) is 41.5 Å². The molecule has 0 rings (SSSR count). The Labute approximate surface area is 134 Å². The van der Waals surface area contributed by atoms with Crippen LogP contribution in [0.2, 0.25) is 0 Å². The van der Waals surface area contributed by atoms with Gasteiger partial charge in [-0.1, -0.05) is 13.0 Å². The summed E-state index contributed by atoms with van der Waals surface area (Å²) >= 11 is 0. The minimum absolute atomic E-state index is 0.244. The van der Waals surface area contributed by atoms with E-state index in [-0.39, 0.29) is 17.9 Å². The third-order valence-corrected chi connectivity index (χ3v) is 3.06.